The molecule has 3 rings (SSSR count). The van der Waals surface area contributed by atoms with E-state index in [1.807, 2.05) is 38.1 Å². The number of hydrogen-bond donors (Lipinski definition) is 1. The second-order valence-corrected chi connectivity index (χ2v) is 11.9. The SMILES string of the molecule is CCC(C)NC(=O)C(C)N(Cc1ccc(Cl)c(Cl)c1)C(=O)CN(C)S(=O)(=O)c1ccc2ccccc2c1. The van der Waals surface area contributed by atoms with E-state index < -0.39 is 28.5 Å². The van der Waals surface area contributed by atoms with E-state index >= 15 is 0 Å². The molecule has 0 saturated heterocycles. The summed E-state index contributed by atoms with van der Waals surface area (Å²) in [6.07, 6.45) is 0.728. The van der Waals surface area contributed by atoms with Gasteiger partial charge in [0, 0.05) is 19.6 Å². The Bertz CT molecular complexity index is 1400. The largest absolute Gasteiger partial charge is 0.352 e. The van der Waals surface area contributed by atoms with Gasteiger partial charge in [-0.15, -0.1) is 0 Å². The van der Waals surface area contributed by atoms with Crippen LogP contribution in [0.25, 0.3) is 10.8 Å². The molecule has 0 radical (unpaired) electrons. The molecule has 198 valence electrons. The molecule has 0 aliphatic carbocycles. The highest BCUT2D eigenvalue weighted by Gasteiger charge is 2.30. The van der Waals surface area contributed by atoms with Gasteiger partial charge in [0.05, 0.1) is 21.5 Å². The van der Waals surface area contributed by atoms with E-state index in [4.69, 9.17) is 23.2 Å². The molecular weight excluding hydrogens is 533 g/mol. The van der Waals surface area contributed by atoms with Gasteiger partial charge in [-0.25, -0.2) is 8.42 Å². The maximum absolute atomic E-state index is 13.5. The highest BCUT2D eigenvalue weighted by molar-refractivity contribution is 7.89. The highest BCUT2D eigenvalue weighted by Crippen LogP contribution is 2.25. The smallest absolute Gasteiger partial charge is 0.243 e. The summed E-state index contributed by atoms with van der Waals surface area (Å²) in [5, 5.41) is 5.26. The number of amides is 2. The molecule has 10 heteroatoms. The highest BCUT2D eigenvalue weighted by atomic mass is 35.5. The minimum atomic E-state index is -3.97. The number of carbonyl (C=O) groups is 2. The molecule has 0 heterocycles. The summed E-state index contributed by atoms with van der Waals surface area (Å²) in [5.74, 6) is -0.854. The summed E-state index contributed by atoms with van der Waals surface area (Å²) in [7, 11) is -2.62. The fourth-order valence-corrected chi connectivity index (χ4v) is 5.23. The molecule has 0 bridgehead atoms. The van der Waals surface area contributed by atoms with E-state index in [1.54, 1.807) is 37.3 Å². The van der Waals surface area contributed by atoms with Crippen LogP contribution in [0.3, 0.4) is 0 Å². The van der Waals surface area contributed by atoms with Gasteiger partial charge in [-0.05, 0) is 60.9 Å². The predicted octanol–water partition coefficient (Wildman–Crippen LogP) is 5.10. The van der Waals surface area contributed by atoms with Gasteiger partial charge in [0.1, 0.15) is 6.04 Å². The Labute approximate surface area is 228 Å². The van der Waals surface area contributed by atoms with Crippen LogP contribution in [-0.2, 0) is 26.2 Å². The summed E-state index contributed by atoms with van der Waals surface area (Å²) in [6.45, 7) is 5.04. The third-order valence-electron chi connectivity index (χ3n) is 6.29. The van der Waals surface area contributed by atoms with Crippen molar-refractivity contribution in [3.8, 4) is 0 Å². The molecule has 1 N–H and O–H groups in total. The third-order valence-corrected chi connectivity index (χ3v) is 8.83. The summed E-state index contributed by atoms with van der Waals surface area (Å²) in [4.78, 5) is 27.8. The van der Waals surface area contributed by atoms with E-state index in [0.717, 1.165) is 21.5 Å². The van der Waals surface area contributed by atoms with Crippen LogP contribution in [0.5, 0.6) is 0 Å². The number of rotatable bonds is 10. The van der Waals surface area contributed by atoms with Crippen molar-refractivity contribution in [2.24, 2.45) is 0 Å². The number of benzene rings is 3. The van der Waals surface area contributed by atoms with Gasteiger partial charge in [-0.2, -0.15) is 4.31 Å². The predicted molar refractivity (Wildman–Crippen MR) is 148 cm³/mol. The lowest BCUT2D eigenvalue weighted by Gasteiger charge is -2.31. The molecule has 7 nitrogen and oxygen atoms in total. The molecule has 0 aliphatic heterocycles. The summed E-state index contributed by atoms with van der Waals surface area (Å²) in [6, 6.07) is 16.3. The first kappa shape index (κ1) is 28.9. The number of fused-ring (bicyclic) bond motifs is 1. The Kier molecular flexibility index (Phi) is 9.58. The van der Waals surface area contributed by atoms with E-state index in [-0.39, 0.29) is 23.4 Å². The minimum Gasteiger partial charge on any atom is -0.352 e. The minimum absolute atomic E-state index is 0.0503. The molecule has 2 atom stereocenters. The topological polar surface area (TPSA) is 86.8 Å². The zero-order valence-corrected chi connectivity index (χ0v) is 23.6. The molecule has 3 aromatic rings. The zero-order chi connectivity index (χ0) is 27.3. The maximum Gasteiger partial charge on any atom is 0.243 e. The average molecular weight is 565 g/mol. The standard InChI is InChI=1S/C27H31Cl2N3O4S/c1-5-18(2)30-27(34)19(3)32(16-20-10-13-24(28)25(29)14-20)26(33)17-31(4)37(35,36)23-12-11-21-8-6-7-9-22(21)15-23/h6-15,18-19H,5,16-17H2,1-4H3,(H,30,34). The number of hydrogen-bond acceptors (Lipinski definition) is 4. The van der Waals surface area contributed by atoms with E-state index in [0.29, 0.717) is 15.6 Å². The average Bonchev–Trinajstić information content (AvgIpc) is 2.88. The van der Waals surface area contributed by atoms with Gasteiger partial charge in [0.2, 0.25) is 21.8 Å². The van der Waals surface area contributed by atoms with Crippen LogP contribution in [0, 0.1) is 0 Å². The van der Waals surface area contributed by atoms with Gasteiger partial charge in [-0.1, -0.05) is 66.5 Å². The number of nitrogens with zero attached hydrogens (tertiary/aromatic N) is 2. The molecule has 0 spiro atoms. The molecule has 0 fully saturated rings. The fraction of sp³-hybridized carbons (Fsp3) is 0.333. The van der Waals surface area contributed by atoms with Gasteiger partial charge in [-0.3, -0.25) is 9.59 Å². The molecule has 2 unspecified atom stereocenters. The molecule has 0 saturated carbocycles. The number of likely N-dealkylation sites (N-methyl/N-ethyl adjacent to an activating group) is 1. The van der Waals surface area contributed by atoms with E-state index in [9.17, 15) is 18.0 Å². The molecule has 3 aromatic carbocycles. The van der Waals surface area contributed by atoms with Crippen LogP contribution in [-0.4, -0.2) is 55.1 Å². The quantitative estimate of drug-likeness (QED) is 0.371. The van der Waals surface area contributed by atoms with Gasteiger partial charge in [0.25, 0.3) is 0 Å². The molecule has 0 aromatic heterocycles. The first-order valence-corrected chi connectivity index (χ1v) is 14.1. The molecule has 0 aliphatic rings. The zero-order valence-electron chi connectivity index (χ0n) is 21.2. The third kappa shape index (κ3) is 7.02. The first-order valence-electron chi connectivity index (χ1n) is 11.9. The summed E-state index contributed by atoms with van der Waals surface area (Å²) in [5.41, 5.74) is 0.658. The fourth-order valence-electron chi connectivity index (χ4n) is 3.76. The van der Waals surface area contributed by atoms with Crippen LogP contribution in [0.4, 0.5) is 0 Å². The van der Waals surface area contributed by atoms with Crippen LogP contribution in [0.2, 0.25) is 10.0 Å². The lowest BCUT2D eigenvalue weighted by atomic mass is 10.1. The number of carbonyl (C=O) groups excluding carboxylic acids is 2. The molecule has 2 amide bonds. The Morgan fingerprint density at radius 3 is 2.27 bits per heavy atom. The number of halogens is 2. The van der Waals surface area contributed by atoms with Crippen molar-refractivity contribution in [3.63, 3.8) is 0 Å². The van der Waals surface area contributed by atoms with Crippen LogP contribution >= 0.6 is 23.2 Å². The summed E-state index contributed by atoms with van der Waals surface area (Å²) >= 11 is 12.2. The van der Waals surface area contributed by atoms with Gasteiger partial charge >= 0.3 is 0 Å². The van der Waals surface area contributed by atoms with Crippen molar-refractivity contribution < 1.29 is 18.0 Å². The second-order valence-electron chi connectivity index (χ2n) is 9.03. The van der Waals surface area contributed by atoms with Gasteiger partial charge < -0.3 is 10.2 Å². The van der Waals surface area contributed by atoms with Crippen molar-refractivity contribution in [3.05, 3.63) is 76.3 Å². The maximum atomic E-state index is 13.5. The first-order chi connectivity index (χ1) is 17.4. The van der Waals surface area contributed by atoms with Crippen LogP contribution in [0.1, 0.15) is 32.8 Å². The monoisotopic (exact) mass is 563 g/mol. The Balaban J connectivity index is 1.86. The van der Waals surface area contributed by atoms with Crippen molar-refractivity contribution in [2.45, 2.75) is 50.7 Å². The summed E-state index contributed by atoms with van der Waals surface area (Å²) < 4.78 is 27.6. The van der Waals surface area contributed by atoms with Gasteiger partial charge in [0.15, 0.2) is 0 Å². The molecule has 37 heavy (non-hydrogen) atoms. The van der Waals surface area contributed by atoms with E-state index in [2.05, 4.69) is 5.32 Å². The normalized spacial score (nSPS) is 13.4. The van der Waals surface area contributed by atoms with Crippen LogP contribution < -0.4 is 5.32 Å². The lowest BCUT2D eigenvalue weighted by molar-refractivity contribution is -0.140. The van der Waals surface area contributed by atoms with Crippen LogP contribution in [0.15, 0.2) is 65.6 Å². The second kappa shape index (κ2) is 12.3. The van der Waals surface area contributed by atoms with Crippen molar-refractivity contribution in [2.75, 3.05) is 13.6 Å². The lowest BCUT2D eigenvalue weighted by Crippen LogP contribution is -2.51. The Morgan fingerprint density at radius 1 is 0.946 bits per heavy atom. The van der Waals surface area contributed by atoms with E-state index in [1.165, 1.54) is 18.0 Å². The van der Waals surface area contributed by atoms with Crippen molar-refractivity contribution in [1.82, 2.24) is 14.5 Å². The Morgan fingerprint density at radius 2 is 1.62 bits per heavy atom. The Hall–Kier alpha value is -2.65. The number of sulfonamides is 1. The van der Waals surface area contributed by atoms with Crippen molar-refractivity contribution >= 4 is 55.8 Å². The van der Waals surface area contributed by atoms with Crippen molar-refractivity contribution in [1.29, 1.82) is 0 Å². The molecular formula is C27H31Cl2N3O4S. The number of nitrogens with one attached hydrogen (secondary N) is 1.